The first-order chi connectivity index (χ1) is 15.9. The van der Waals surface area contributed by atoms with Crippen LogP contribution < -0.4 is 15.4 Å². The van der Waals surface area contributed by atoms with Crippen molar-refractivity contribution in [1.29, 1.82) is 0 Å². The van der Waals surface area contributed by atoms with Crippen molar-refractivity contribution in [1.82, 2.24) is 15.5 Å². The molecule has 0 aliphatic carbocycles. The van der Waals surface area contributed by atoms with Gasteiger partial charge in [0.05, 0.1) is 12.7 Å². The van der Waals surface area contributed by atoms with Gasteiger partial charge in [-0.2, -0.15) is 0 Å². The SMILES string of the molecule is C=CCNC(=O)[C@H](NC(=O)c1ccc(OC)cc1)C1CCN(C(=O)c2ccccc2F)CC1. The Bertz CT molecular complexity index is 1000. The van der Waals surface area contributed by atoms with E-state index in [4.69, 9.17) is 4.74 Å². The molecule has 7 nitrogen and oxygen atoms in total. The predicted molar refractivity (Wildman–Crippen MR) is 122 cm³/mol. The minimum absolute atomic E-state index is 0.0315. The summed E-state index contributed by atoms with van der Waals surface area (Å²) in [5.41, 5.74) is 0.438. The summed E-state index contributed by atoms with van der Waals surface area (Å²) in [6.45, 7) is 4.61. The van der Waals surface area contributed by atoms with Crippen molar-refractivity contribution >= 4 is 17.7 Å². The molecule has 3 amide bonds. The molecule has 0 saturated carbocycles. The zero-order chi connectivity index (χ0) is 23.8. The number of amides is 3. The van der Waals surface area contributed by atoms with E-state index in [1.54, 1.807) is 48.4 Å². The summed E-state index contributed by atoms with van der Waals surface area (Å²) >= 11 is 0. The Kier molecular flexibility index (Phi) is 8.18. The predicted octanol–water partition coefficient (Wildman–Crippen LogP) is 2.79. The molecule has 1 saturated heterocycles. The lowest BCUT2D eigenvalue weighted by atomic mass is 9.88. The molecule has 1 aliphatic rings. The summed E-state index contributed by atoms with van der Waals surface area (Å²) < 4.78 is 19.1. The Balaban J connectivity index is 1.69. The number of methoxy groups -OCH3 is 1. The van der Waals surface area contributed by atoms with Gasteiger partial charge in [0, 0.05) is 25.2 Å². The number of rotatable bonds is 8. The van der Waals surface area contributed by atoms with Crippen LogP contribution in [0.15, 0.2) is 61.2 Å². The summed E-state index contributed by atoms with van der Waals surface area (Å²) in [5.74, 6) is -1.17. The van der Waals surface area contributed by atoms with Gasteiger partial charge in [0.15, 0.2) is 0 Å². The van der Waals surface area contributed by atoms with Crippen molar-refractivity contribution < 1.29 is 23.5 Å². The fourth-order valence-corrected chi connectivity index (χ4v) is 3.89. The first-order valence-electron chi connectivity index (χ1n) is 10.8. The molecule has 1 atom stereocenters. The van der Waals surface area contributed by atoms with Crippen LogP contribution in [0.3, 0.4) is 0 Å². The highest BCUT2D eigenvalue weighted by Crippen LogP contribution is 2.24. The lowest BCUT2D eigenvalue weighted by molar-refractivity contribution is -0.124. The Hall–Kier alpha value is -3.68. The third-order valence-corrected chi connectivity index (χ3v) is 5.74. The van der Waals surface area contributed by atoms with E-state index in [0.29, 0.717) is 37.2 Å². The molecular weight excluding hydrogens is 425 g/mol. The number of piperidine rings is 1. The van der Waals surface area contributed by atoms with Crippen molar-refractivity contribution in [2.45, 2.75) is 18.9 Å². The number of hydrogen-bond acceptors (Lipinski definition) is 4. The van der Waals surface area contributed by atoms with Gasteiger partial charge in [0.1, 0.15) is 17.6 Å². The summed E-state index contributed by atoms with van der Waals surface area (Å²) in [6.07, 6.45) is 2.56. The van der Waals surface area contributed by atoms with Gasteiger partial charge in [-0.05, 0) is 55.2 Å². The first kappa shape index (κ1) is 24.0. The summed E-state index contributed by atoms with van der Waals surface area (Å²) in [5, 5.41) is 5.59. The third-order valence-electron chi connectivity index (χ3n) is 5.74. The van der Waals surface area contributed by atoms with Crippen LogP contribution in [0.1, 0.15) is 33.6 Å². The van der Waals surface area contributed by atoms with Crippen LogP contribution in [0.25, 0.3) is 0 Å². The monoisotopic (exact) mass is 453 g/mol. The molecular formula is C25H28FN3O4. The number of benzene rings is 2. The van der Waals surface area contributed by atoms with E-state index >= 15 is 0 Å². The number of nitrogens with one attached hydrogen (secondary N) is 2. The van der Waals surface area contributed by atoms with Crippen LogP contribution in [0.4, 0.5) is 4.39 Å². The van der Waals surface area contributed by atoms with Gasteiger partial charge in [-0.3, -0.25) is 14.4 Å². The topological polar surface area (TPSA) is 87.7 Å². The Morgan fingerprint density at radius 2 is 1.82 bits per heavy atom. The largest absolute Gasteiger partial charge is 0.497 e. The summed E-state index contributed by atoms with van der Waals surface area (Å²) in [4.78, 5) is 39.9. The molecule has 2 aromatic rings. The maximum Gasteiger partial charge on any atom is 0.256 e. The van der Waals surface area contributed by atoms with Gasteiger partial charge < -0.3 is 20.3 Å². The number of nitrogens with zero attached hydrogens (tertiary/aromatic N) is 1. The second-order valence-corrected chi connectivity index (χ2v) is 7.82. The van der Waals surface area contributed by atoms with E-state index in [1.807, 2.05) is 0 Å². The number of carbonyl (C=O) groups excluding carboxylic acids is 3. The van der Waals surface area contributed by atoms with E-state index in [9.17, 15) is 18.8 Å². The molecule has 0 radical (unpaired) electrons. The van der Waals surface area contributed by atoms with Crippen LogP contribution >= 0.6 is 0 Å². The molecule has 3 rings (SSSR count). The standard InChI is InChI=1S/C25H28FN3O4/c1-3-14-27-24(31)22(28-23(30)18-8-10-19(33-2)11-9-18)17-12-15-29(16-13-17)25(32)20-6-4-5-7-21(20)26/h3-11,17,22H,1,12-16H2,2H3,(H,27,31)(H,28,30)/t22-/m1/s1. The van der Waals surface area contributed by atoms with Gasteiger partial charge in [-0.15, -0.1) is 6.58 Å². The zero-order valence-electron chi connectivity index (χ0n) is 18.6. The number of hydrogen-bond donors (Lipinski definition) is 2. The highest BCUT2D eigenvalue weighted by atomic mass is 19.1. The molecule has 8 heteroatoms. The lowest BCUT2D eigenvalue weighted by Gasteiger charge is -2.36. The number of halogens is 1. The van der Waals surface area contributed by atoms with Crippen LogP contribution in [-0.4, -0.2) is 55.4 Å². The van der Waals surface area contributed by atoms with Gasteiger partial charge in [-0.25, -0.2) is 4.39 Å². The van der Waals surface area contributed by atoms with E-state index in [-0.39, 0.29) is 35.7 Å². The lowest BCUT2D eigenvalue weighted by Crippen LogP contribution is -2.53. The number of ether oxygens (including phenoxy) is 1. The fraction of sp³-hybridized carbons (Fsp3) is 0.320. The van der Waals surface area contributed by atoms with Crippen molar-refractivity contribution in [2.75, 3.05) is 26.7 Å². The second-order valence-electron chi connectivity index (χ2n) is 7.82. The molecule has 2 N–H and O–H groups in total. The quantitative estimate of drug-likeness (QED) is 0.602. The minimum atomic E-state index is -0.773. The summed E-state index contributed by atoms with van der Waals surface area (Å²) in [7, 11) is 1.54. The van der Waals surface area contributed by atoms with Gasteiger partial charge >= 0.3 is 0 Å². The molecule has 1 heterocycles. The smallest absolute Gasteiger partial charge is 0.256 e. The maximum atomic E-state index is 14.0. The Morgan fingerprint density at radius 3 is 2.42 bits per heavy atom. The first-order valence-corrected chi connectivity index (χ1v) is 10.8. The van der Waals surface area contributed by atoms with Gasteiger partial charge in [-0.1, -0.05) is 18.2 Å². The molecule has 0 bridgehead atoms. The Labute approximate surface area is 192 Å². The molecule has 1 aliphatic heterocycles. The van der Waals surface area contributed by atoms with Crippen molar-refractivity contribution in [3.63, 3.8) is 0 Å². The van der Waals surface area contributed by atoms with E-state index in [2.05, 4.69) is 17.2 Å². The fourth-order valence-electron chi connectivity index (χ4n) is 3.89. The van der Waals surface area contributed by atoms with Crippen LogP contribution in [-0.2, 0) is 4.79 Å². The van der Waals surface area contributed by atoms with Crippen molar-refractivity contribution in [3.05, 3.63) is 78.1 Å². The highest BCUT2D eigenvalue weighted by Gasteiger charge is 2.34. The molecule has 0 unspecified atom stereocenters. The van der Waals surface area contributed by atoms with E-state index in [1.165, 1.54) is 18.2 Å². The Morgan fingerprint density at radius 1 is 1.15 bits per heavy atom. The maximum absolute atomic E-state index is 14.0. The molecule has 1 fully saturated rings. The number of likely N-dealkylation sites (tertiary alicyclic amines) is 1. The average Bonchev–Trinajstić information content (AvgIpc) is 2.85. The van der Waals surface area contributed by atoms with E-state index in [0.717, 1.165) is 0 Å². The molecule has 0 spiro atoms. The van der Waals surface area contributed by atoms with Gasteiger partial charge in [0.2, 0.25) is 5.91 Å². The van der Waals surface area contributed by atoms with Crippen molar-refractivity contribution in [2.24, 2.45) is 5.92 Å². The van der Waals surface area contributed by atoms with Gasteiger partial charge in [0.25, 0.3) is 11.8 Å². The third kappa shape index (κ3) is 5.97. The van der Waals surface area contributed by atoms with E-state index < -0.39 is 11.9 Å². The highest BCUT2D eigenvalue weighted by molar-refractivity contribution is 5.98. The molecule has 174 valence electrons. The van der Waals surface area contributed by atoms with Crippen LogP contribution in [0.2, 0.25) is 0 Å². The molecule has 0 aromatic heterocycles. The minimum Gasteiger partial charge on any atom is -0.497 e. The van der Waals surface area contributed by atoms with Crippen LogP contribution in [0, 0.1) is 11.7 Å². The number of carbonyl (C=O) groups is 3. The van der Waals surface area contributed by atoms with Crippen molar-refractivity contribution in [3.8, 4) is 5.75 Å². The molecule has 2 aromatic carbocycles. The zero-order valence-corrected chi connectivity index (χ0v) is 18.6. The summed E-state index contributed by atoms with van der Waals surface area (Å²) in [6, 6.07) is 11.7. The second kappa shape index (κ2) is 11.3. The normalized spacial score (nSPS) is 14.8. The van der Waals surface area contributed by atoms with Crippen LogP contribution in [0.5, 0.6) is 5.75 Å². The molecule has 33 heavy (non-hydrogen) atoms. The average molecular weight is 454 g/mol.